The van der Waals surface area contributed by atoms with Crippen LogP contribution in [0.2, 0.25) is 0 Å². The van der Waals surface area contributed by atoms with Crippen LogP contribution in [0.15, 0.2) is 103 Å². The van der Waals surface area contributed by atoms with E-state index in [0.717, 1.165) is 72.6 Å². The van der Waals surface area contributed by atoms with E-state index in [1.165, 1.54) is 5.56 Å². The van der Waals surface area contributed by atoms with Crippen LogP contribution in [0.25, 0.3) is 11.1 Å². The van der Waals surface area contributed by atoms with Crippen LogP contribution in [-0.4, -0.2) is 89.2 Å². The van der Waals surface area contributed by atoms with Gasteiger partial charge >= 0.3 is 12.1 Å². The molecule has 2 amide bonds. The standard InChI is InChI=1S/C43H47F3N4O5/c44-43(45,46)42(53)50-20-6-11-38(50)40(52)47-26-35-9-4-5-10-37(35)32-16-18-34(19-17-32)41-54-36(25-39(55-41)33-14-12-31(29-51)13-15-33)28-49-23-21-48(22-24-49)27-30-7-2-1-3-8-30/h1-5,7-10,12-19,36,38-39,41,51H,6,11,20-29H2,(H,47,52). The molecule has 9 nitrogen and oxygen atoms in total. The largest absolute Gasteiger partial charge is 0.471 e. The lowest BCUT2D eigenvalue weighted by molar-refractivity contribution is -0.253. The maximum absolute atomic E-state index is 13.1. The number of hydrogen-bond acceptors (Lipinski definition) is 7. The Bertz CT molecular complexity index is 1890. The topological polar surface area (TPSA) is 94.6 Å². The Morgan fingerprint density at radius 3 is 2.15 bits per heavy atom. The number of carbonyl (C=O) groups is 2. The molecule has 12 heteroatoms. The lowest BCUT2D eigenvalue weighted by Crippen LogP contribution is -2.50. The van der Waals surface area contributed by atoms with Gasteiger partial charge in [-0.1, -0.05) is 103 Å². The van der Waals surface area contributed by atoms with Gasteiger partial charge in [-0.15, -0.1) is 0 Å². The van der Waals surface area contributed by atoms with E-state index in [2.05, 4.69) is 39.4 Å². The number of rotatable bonds is 11. The molecule has 0 aliphatic carbocycles. The van der Waals surface area contributed by atoms with Crippen molar-refractivity contribution in [2.45, 2.75) is 69.7 Å². The monoisotopic (exact) mass is 756 g/mol. The van der Waals surface area contributed by atoms with Gasteiger partial charge in [0.05, 0.1) is 18.8 Å². The fraction of sp³-hybridized carbons (Fsp3) is 0.395. The number of alkyl halides is 3. The number of benzene rings is 4. The van der Waals surface area contributed by atoms with Gasteiger partial charge in [-0.05, 0) is 46.2 Å². The Hall–Kier alpha value is -4.59. The molecular weight excluding hydrogens is 709 g/mol. The van der Waals surface area contributed by atoms with E-state index in [4.69, 9.17) is 9.47 Å². The number of nitrogens with one attached hydrogen (secondary N) is 1. The molecule has 4 unspecified atom stereocenters. The molecule has 4 atom stereocenters. The minimum Gasteiger partial charge on any atom is -0.392 e. The molecule has 7 rings (SSSR count). The summed E-state index contributed by atoms with van der Waals surface area (Å²) in [4.78, 5) is 30.5. The molecule has 0 aromatic heterocycles. The molecule has 3 fully saturated rings. The SMILES string of the molecule is O=C(NCc1ccccc1-c1ccc(C2OC(CN3CCN(Cc4ccccc4)CC3)CC(c3ccc(CO)cc3)O2)cc1)C1CCCN1C(=O)C(F)(F)F. The summed E-state index contributed by atoms with van der Waals surface area (Å²) >= 11 is 0. The fourth-order valence-electron chi connectivity index (χ4n) is 7.81. The van der Waals surface area contributed by atoms with Gasteiger partial charge in [-0.2, -0.15) is 13.2 Å². The number of aliphatic hydroxyl groups is 1. The highest BCUT2D eigenvalue weighted by molar-refractivity contribution is 5.90. The second-order valence-electron chi connectivity index (χ2n) is 14.6. The summed E-state index contributed by atoms with van der Waals surface area (Å²) < 4.78 is 52.7. The number of hydrogen-bond donors (Lipinski definition) is 2. The summed E-state index contributed by atoms with van der Waals surface area (Å²) in [5.74, 6) is -2.58. The van der Waals surface area contributed by atoms with Gasteiger partial charge < -0.3 is 24.8 Å². The van der Waals surface area contributed by atoms with E-state index >= 15 is 0 Å². The van der Waals surface area contributed by atoms with Gasteiger partial charge in [0, 0.05) is 64.3 Å². The zero-order valence-corrected chi connectivity index (χ0v) is 30.7. The molecule has 0 spiro atoms. The van der Waals surface area contributed by atoms with Gasteiger partial charge in [-0.25, -0.2) is 0 Å². The quantitative estimate of drug-likeness (QED) is 0.184. The summed E-state index contributed by atoms with van der Waals surface area (Å²) in [6.45, 7) is 5.56. The molecule has 4 aromatic rings. The Labute approximate surface area is 319 Å². The van der Waals surface area contributed by atoms with Crippen molar-refractivity contribution in [1.29, 1.82) is 0 Å². The van der Waals surface area contributed by atoms with Crippen LogP contribution in [0, 0.1) is 0 Å². The zero-order valence-electron chi connectivity index (χ0n) is 30.7. The minimum absolute atomic E-state index is 0.0274. The second kappa shape index (κ2) is 17.5. The van der Waals surface area contributed by atoms with E-state index < -0.39 is 30.3 Å². The molecule has 0 bridgehead atoms. The Morgan fingerprint density at radius 1 is 0.764 bits per heavy atom. The van der Waals surface area contributed by atoms with Crippen LogP contribution in [0.5, 0.6) is 0 Å². The third-order valence-corrected chi connectivity index (χ3v) is 10.8. The molecule has 4 aromatic carbocycles. The zero-order chi connectivity index (χ0) is 38.4. The first-order chi connectivity index (χ1) is 26.6. The molecule has 3 aliphatic heterocycles. The highest BCUT2D eigenvalue weighted by atomic mass is 19.4. The van der Waals surface area contributed by atoms with Crippen molar-refractivity contribution in [2.75, 3.05) is 39.3 Å². The van der Waals surface area contributed by atoms with Crippen molar-refractivity contribution in [1.82, 2.24) is 20.0 Å². The number of amides is 2. The molecule has 3 saturated heterocycles. The van der Waals surface area contributed by atoms with Gasteiger partial charge in [0.1, 0.15) is 6.04 Å². The summed E-state index contributed by atoms with van der Waals surface area (Å²) in [6, 6.07) is 32.7. The molecule has 55 heavy (non-hydrogen) atoms. The predicted octanol–water partition coefficient (Wildman–Crippen LogP) is 6.38. The van der Waals surface area contributed by atoms with Crippen LogP contribution in [0.4, 0.5) is 13.2 Å². The maximum Gasteiger partial charge on any atom is 0.471 e. The number of nitrogens with zero attached hydrogens (tertiary/aromatic N) is 3. The Kier molecular flexibility index (Phi) is 12.3. The highest BCUT2D eigenvalue weighted by Gasteiger charge is 2.47. The third-order valence-electron chi connectivity index (χ3n) is 10.8. The van der Waals surface area contributed by atoms with Crippen molar-refractivity contribution in [3.63, 3.8) is 0 Å². The van der Waals surface area contributed by atoms with E-state index in [0.29, 0.717) is 17.7 Å². The van der Waals surface area contributed by atoms with Gasteiger partial charge in [0.2, 0.25) is 5.91 Å². The molecule has 0 radical (unpaired) electrons. The first-order valence-electron chi connectivity index (χ1n) is 19.0. The number of halogens is 3. The Morgan fingerprint density at radius 2 is 1.44 bits per heavy atom. The van der Waals surface area contributed by atoms with Crippen LogP contribution < -0.4 is 5.32 Å². The molecular formula is C43H47F3N4O5. The first-order valence-corrected chi connectivity index (χ1v) is 19.0. The van der Waals surface area contributed by atoms with Crippen LogP contribution in [0.1, 0.15) is 59.5 Å². The lowest BCUT2D eigenvalue weighted by atomic mass is 9.97. The lowest BCUT2D eigenvalue weighted by Gasteiger charge is -2.40. The maximum atomic E-state index is 13.1. The van der Waals surface area contributed by atoms with E-state index in [9.17, 15) is 27.9 Å². The second-order valence-corrected chi connectivity index (χ2v) is 14.6. The van der Waals surface area contributed by atoms with E-state index in [1.807, 2.05) is 78.9 Å². The van der Waals surface area contributed by atoms with Crippen molar-refractivity contribution in [3.05, 3.63) is 131 Å². The van der Waals surface area contributed by atoms with Gasteiger partial charge in [0.15, 0.2) is 6.29 Å². The molecule has 2 N–H and O–H groups in total. The molecule has 0 saturated carbocycles. The summed E-state index contributed by atoms with van der Waals surface area (Å²) in [5.41, 5.74) is 6.58. The number of carbonyl (C=O) groups excluding carboxylic acids is 2. The average molecular weight is 757 g/mol. The number of likely N-dealkylation sites (tertiary alicyclic amines) is 1. The van der Waals surface area contributed by atoms with Crippen LogP contribution >= 0.6 is 0 Å². The molecule has 3 heterocycles. The van der Waals surface area contributed by atoms with Crippen molar-refractivity contribution >= 4 is 11.8 Å². The van der Waals surface area contributed by atoms with E-state index in [-0.39, 0.29) is 38.3 Å². The first kappa shape index (κ1) is 38.7. The normalized spacial score (nSPS) is 22.4. The minimum atomic E-state index is -5.03. The average Bonchev–Trinajstić information content (AvgIpc) is 3.71. The number of ether oxygens (including phenoxy) is 2. The highest BCUT2D eigenvalue weighted by Crippen LogP contribution is 2.39. The smallest absolute Gasteiger partial charge is 0.392 e. The number of aliphatic hydroxyl groups excluding tert-OH is 1. The van der Waals surface area contributed by atoms with E-state index in [1.54, 1.807) is 0 Å². The van der Waals surface area contributed by atoms with Gasteiger partial charge in [0.25, 0.3) is 0 Å². The van der Waals surface area contributed by atoms with Crippen LogP contribution in [-0.2, 0) is 38.8 Å². The molecule has 290 valence electrons. The summed E-state index contributed by atoms with van der Waals surface area (Å²) in [5, 5.41) is 12.4. The Balaban J connectivity index is 1.02. The summed E-state index contributed by atoms with van der Waals surface area (Å²) in [7, 11) is 0. The number of piperazine rings is 1. The van der Waals surface area contributed by atoms with Gasteiger partial charge in [-0.3, -0.25) is 19.4 Å². The van der Waals surface area contributed by atoms with Crippen molar-refractivity contribution in [3.8, 4) is 11.1 Å². The predicted molar refractivity (Wildman–Crippen MR) is 201 cm³/mol. The molecule has 3 aliphatic rings. The van der Waals surface area contributed by atoms with Crippen molar-refractivity contribution < 1.29 is 37.3 Å². The van der Waals surface area contributed by atoms with Crippen LogP contribution in [0.3, 0.4) is 0 Å². The third kappa shape index (κ3) is 9.63. The summed E-state index contributed by atoms with van der Waals surface area (Å²) in [6.07, 6.45) is -4.71. The fourth-order valence-corrected chi connectivity index (χ4v) is 7.81. The van der Waals surface area contributed by atoms with Crippen molar-refractivity contribution in [2.24, 2.45) is 0 Å².